The van der Waals surface area contributed by atoms with E-state index in [2.05, 4.69) is 50.2 Å². The molecule has 0 saturated heterocycles. The molecule has 0 amide bonds. The smallest absolute Gasteiger partial charge is 0.0698 e. The second-order valence-electron chi connectivity index (χ2n) is 4.02. The van der Waals surface area contributed by atoms with Crippen LogP contribution < -0.4 is 0 Å². The predicted molar refractivity (Wildman–Crippen MR) is 58.9 cm³/mol. The molecular formula is C12H16N2. The molecule has 0 fully saturated rings. The molecule has 0 aliphatic rings. The number of hydrogen-bond donors (Lipinski definition) is 0. The average molecular weight is 188 g/mol. The zero-order valence-corrected chi connectivity index (χ0v) is 9.47. The fourth-order valence-electron chi connectivity index (χ4n) is 1.99. The molecule has 2 aromatic heterocycles. The Kier molecular flexibility index (Phi) is 1.88. The summed E-state index contributed by atoms with van der Waals surface area (Å²) in [7, 11) is 0. The normalized spacial score (nSPS) is 11.2. The van der Waals surface area contributed by atoms with Crippen LogP contribution in [0.25, 0.3) is 5.52 Å². The van der Waals surface area contributed by atoms with Gasteiger partial charge in [0.2, 0.25) is 0 Å². The molecule has 0 aromatic carbocycles. The van der Waals surface area contributed by atoms with Crippen molar-refractivity contribution in [2.24, 2.45) is 0 Å². The molecule has 74 valence electrons. The first-order valence-electron chi connectivity index (χ1n) is 4.94. The zero-order valence-electron chi connectivity index (χ0n) is 9.47. The van der Waals surface area contributed by atoms with Gasteiger partial charge in [0.15, 0.2) is 0 Å². The van der Waals surface area contributed by atoms with E-state index in [0.717, 1.165) is 11.4 Å². The minimum atomic E-state index is 1.12. The summed E-state index contributed by atoms with van der Waals surface area (Å²) < 4.78 is 2.25. The van der Waals surface area contributed by atoms with Gasteiger partial charge in [-0.05, 0) is 45.7 Å². The maximum Gasteiger partial charge on any atom is 0.0698 e. The summed E-state index contributed by atoms with van der Waals surface area (Å²) in [6.45, 7) is 10.6. The lowest BCUT2D eigenvalue weighted by atomic mass is 10.2. The monoisotopic (exact) mass is 188 g/mol. The van der Waals surface area contributed by atoms with Crippen molar-refractivity contribution in [3.05, 3.63) is 34.4 Å². The molecular weight excluding hydrogens is 172 g/mol. The van der Waals surface area contributed by atoms with Crippen LogP contribution in [0.3, 0.4) is 0 Å². The van der Waals surface area contributed by atoms with Crippen molar-refractivity contribution >= 4 is 5.52 Å². The van der Waals surface area contributed by atoms with Crippen LogP contribution in [0.4, 0.5) is 0 Å². The molecule has 0 N–H and O–H groups in total. The van der Waals surface area contributed by atoms with E-state index in [-0.39, 0.29) is 0 Å². The van der Waals surface area contributed by atoms with Gasteiger partial charge >= 0.3 is 0 Å². The molecule has 0 spiro atoms. The summed E-state index contributed by atoms with van der Waals surface area (Å²) >= 11 is 0. The van der Waals surface area contributed by atoms with Gasteiger partial charge in [0, 0.05) is 11.9 Å². The first-order valence-corrected chi connectivity index (χ1v) is 4.94. The Morgan fingerprint density at radius 2 is 1.64 bits per heavy atom. The highest BCUT2D eigenvalue weighted by molar-refractivity contribution is 5.62. The first kappa shape index (κ1) is 9.25. The molecule has 0 aliphatic heterocycles. The van der Waals surface area contributed by atoms with Crippen molar-refractivity contribution in [2.45, 2.75) is 34.6 Å². The van der Waals surface area contributed by atoms with Crippen LogP contribution in [0.5, 0.6) is 0 Å². The molecule has 0 aliphatic carbocycles. The van der Waals surface area contributed by atoms with Crippen LogP contribution >= 0.6 is 0 Å². The van der Waals surface area contributed by atoms with E-state index in [1.807, 2.05) is 0 Å². The summed E-state index contributed by atoms with van der Waals surface area (Å²) in [4.78, 5) is 4.55. The summed E-state index contributed by atoms with van der Waals surface area (Å²) in [5.74, 6) is 0. The van der Waals surface area contributed by atoms with E-state index in [9.17, 15) is 0 Å². The molecule has 2 heteroatoms. The van der Waals surface area contributed by atoms with Gasteiger partial charge in [-0.1, -0.05) is 0 Å². The highest BCUT2D eigenvalue weighted by atomic mass is 14.9. The Labute approximate surface area is 84.6 Å². The van der Waals surface area contributed by atoms with Gasteiger partial charge in [-0.15, -0.1) is 0 Å². The lowest BCUT2D eigenvalue weighted by Crippen LogP contribution is -1.99. The predicted octanol–water partition coefficient (Wildman–Crippen LogP) is 2.88. The molecule has 0 bridgehead atoms. The maximum atomic E-state index is 4.55. The minimum Gasteiger partial charge on any atom is -0.317 e. The van der Waals surface area contributed by atoms with Gasteiger partial charge in [0.1, 0.15) is 0 Å². The van der Waals surface area contributed by atoms with Gasteiger partial charge in [0.25, 0.3) is 0 Å². The SMILES string of the molecule is Cc1cn2c(C)c(C)nc(C)c2c1C. The molecule has 2 heterocycles. The van der Waals surface area contributed by atoms with Gasteiger partial charge < -0.3 is 4.40 Å². The van der Waals surface area contributed by atoms with Crippen molar-refractivity contribution in [3.8, 4) is 0 Å². The molecule has 0 unspecified atom stereocenters. The highest BCUT2D eigenvalue weighted by Gasteiger charge is 2.09. The van der Waals surface area contributed by atoms with Crippen molar-refractivity contribution in [3.63, 3.8) is 0 Å². The van der Waals surface area contributed by atoms with E-state index < -0.39 is 0 Å². The maximum absolute atomic E-state index is 4.55. The second-order valence-corrected chi connectivity index (χ2v) is 4.02. The summed E-state index contributed by atoms with van der Waals surface area (Å²) in [6, 6.07) is 0. The van der Waals surface area contributed by atoms with Gasteiger partial charge in [0.05, 0.1) is 16.9 Å². The Morgan fingerprint density at radius 3 is 2.29 bits per heavy atom. The van der Waals surface area contributed by atoms with Crippen LogP contribution in [0.1, 0.15) is 28.2 Å². The third-order valence-corrected chi connectivity index (χ3v) is 3.07. The van der Waals surface area contributed by atoms with Gasteiger partial charge in [-0.3, -0.25) is 4.98 Å². The number of hydrogen-bond acceptors (Lipinski definition) is 1. The summed E-state index contributed by atoms with van der Waals surface area (Å²) in [5, 5.41) is 0. The van der Waals surface area contributed by atoms with Crippen LogP contribution in [0.2, 0.25) is 0 Å². The molecule has 14 heavy (non-hydrogen) atoms. The van der Waals surface area contributed by atoms with E-state index >= 15 is 0 Å². The van der Waals surface area contributed by atoms with Crippen molar-refractivity contribution < 1.29 is 0 Å². The summed E-state index contributed by atoms with van der Waals surface area (Å²) in [6.07, 6.45) is 2.20. The number of rotatable bonds is 0. The number of aryl methyl sites for hydroxylation is 5. The third-order valence-electron chi connectivity index (χ3n) is 3.07. The van der Waals surface area contributed by atoms with Crippen molar-refractivity contribution in [2.75, 3.05) is 0 Å². The molecule has 0 saturated carbocycles. The van der Waals surface area contributed by atoms with E-state index in [1.54, 1.807) is 0 Å². The van der Waals surface area contributed by atoms with Crippen LogP contribution in [0, 0.1) is 34.6 Å². The van der Waals surface area contributed by atoms with E-state index in [4.69, 9.17) is 0 Å². The fraction of sp³-hybridized carbons (Fsp3) is 0.417. The number of aromatic nitrogens is 2. The average Bonchev–Trinajstić information content (AvgIpc) is 2.40. The quantitative estimate of drug-likeness (QED) is 0.621. The Hall–Kier alpha value is -1.31. The zero-order chi connectivity index (χ0) is 10.5. The third kappa shape index (κ3) is 1.07. The van der Waals surface area contributed by atoms with Crippen molar-refractivity contribution in [1.82, 2.24) is 9.38 Å². The van der Waals surface area contributed by atoms with Gasteiger partial charge in [-0.2, -0.15) is 0 Å². The summed E-state index contributed by atoms with van der Waals surface area (Å²) in [5.41, 5.74) is 7.43. The Morgan fingerprint density at radius 1 is 1.00 bits per heavy atom. The molecule has 2 aromatic rings. The van der Waals surface area contributed by atoms with E-state index in [1.165, 1.54) is 22.3 Å². The highest BCUT2D eigenvalue weighted by Crippen LogP contribution is 2.21. The van der Waals surface area contributed by atoms with Crippen LogP contribution in [0.15, 0.2) is 6.20 Å². The lowest BCUT2D eigenvalue weighted by molar-refractivity contribution is 0.974. The molecule has 2 nitrogen and oxygen atoms in total. The van der Waals surface area contributed by atoms with E-state index in [0.29, 0.717) is 0 Å². The standard InChI is InChI=1S/C12H16N2/c1-7-6-14-11(5)9(3)13-10(4)12(14)8(7)2/h6H,1-5H3. The first-order chi connectivity index (χ1) is 6.52. The number of fused-ring (bicyclic) bond motifs is 1. The lowest BCUT2D eigenvalue weighted by Gasteiger charge is -2.07. The Balaban J connectivity index is 3.02. The molecule has 2 rings (SSSR count). The largest absolute Gasteiger partial charge is 0.317 e. The topological polar surface area (TPSA) is 17.3 Å². The Bertz CT molecular complexity index is 507. The fourth-order valence-corrected chi connectivity index (χ4v) is 1.99. The van der Waals surface area contributed by atoms with Crippen molar-refractivity contribution in [1.29, 1.82) is 0 Å². The molecule has 0 radical (unpaired) electrons. The number of nitrogens with zero attached hydrogens (tertiary/aromatic N) is 2. The minimum absolute atomic E-state index is 1.12. The van der Waals surface area contributed by atoms with Crippen LogP contribution in [-0.4, -0.2) is 9.38 Å². The van der Waals surface area contributed by atoms with Gasteiger partial charge in [-0.25, -0.2) is 0 Å². The second kappa shape index (κ2) is 2.84. The van der Waals surface area contributed by atoms with Crippen LogP contribution in [-0.2, 0) is 0 Å². The molecule has 0 atom stereocenters.